The zero-order valence-corrected chi connectivity index (χ0v) is 22.1. The van der Waals surface area contributed by atoms with E-state index in [-0.39, 0.29) is 29.8 Å². The van der Waals surface area contributed by atoms with Gasteiger partial charge in [-0.3, -0.25) is 14.4 Å². The summed E-state index contributed by atoms with van der Waals surface area (Å²) in [4.78, 5) is 47.8. The van der Waals surface area contributed by atoms with Crippen LogP contribution in [0.1, 0.15) is 59.7 Å². The predicted octanol–water partition coefficient (Wildman–Crippen LogP) is 2.12. The number of amides is 3. The third-order valence-electron chi connectivity index (χ3n) is 6.04. The van der Waals surface area contributed by atoms with E-state index in [4.69, 9.17) is 0 Å². The van der Waals surface area contributed by atoms with E-state index < -0.39 is 0 Å². The first-order valence-corrected chi connectivity index (χ1v) is 12.7. The summed E-state index contributed by atoms with van der Waals surface area (Å²) in [6.45, 7) is 3.03. The number of anilines is 3. The van der Waals surface area contributed by atoms with Crippen molar-refractivity contribution in [1.29, 1.82) is 0 Å². The van der Waals surface area contributed by atoms with Gasteiger partial charge in [0.2, 0.25) is 11.9 Å². The first-order valence-electron chi connectivity index (χ1n) is 12.7. The monoisotopic (exact) mass is 510 g/mol. The van der Waals surface area contributed by atoms with Gasteiger partial charge in [0.1, 0.15) is 11.4 Å². The number of rotatable bonds is 11. The fourth-order valence-corrected chi connectivity index (χ4v) is 4.24. The van der Waals surface area contributed by atoms with Crippen molar-refractivity contribution in [2.75, 3.05) is 44.9 Å². The quantitative estimate of drug-likeness (QED) is 0.310. The highest BCUT2D eigenvalue weighted by Gasteiger charge is 2.26. The molecule has 1 aliphatic rings. The van der Waals surface area contributed by atoms with Gasteiger partial charge >= 0.3 is 0 Å². The van der Waals surface area contributed by atoms with Gasteiger partial charge in [-0.25, -0.2) is 4.98 Å². The van der Waals surface area contributed by atoms with Crippen LogP contribution in [0.2, 0.25) is 0 Å². The molecule has 1 fully saturated rings. The van der Waals surface area contributed by atoms with Gasteiger partial charge in [-0.15, -0.1) is 0 Å². The summed E-state index contributed by atoms with van der Waals surface area (Å²) in [5, 5.41) is 15.1. The van der Waals surface area contributed by atoms with Gasteiger partial charge < -0.3 is 31.5 Å². The minimum atomic E-state index is -0.245. The Morgan fingerprint density at radius 3 is 2.38 bits per heavy atom. The highest BCUT2D eigenvalue weighted by molar-refractivity contribution is 5.99. The standard InChI is InChI=1S/C26H38N8O3/c1-5-13-28-23-21(15-29-26(33-23)32-18-11-9-17(10-12-18)24(36)27-2)25(37)31-20-8-6-7-19(14-20)30-22(35)16-34(3)4/h9-12,15,19-20H,5-8,13-14,16H2,1-4H3,(H,27,36)(H,30,35)(H,31,37)(H2,28,29,32,33). The Balaban J connectivity index is 1.67. The first kappa shape index (κ1) is 27.9. The van der Waals surface area contributed by atoms with Crippen LogP contribution in [0, 0.1) is 0 Å². The summed E-state index contributed by atoms with van der Waals surface area (Å²) in [5.41, 5.74) is 1.64. The molecule has 2 aromatic rings. The second-order valence-electron chi connectivity index (χ2n) is 9.50. The average Bonchev–Trinajstić information content (AvgIpc) is 2.87. The molecule has 0 radical (unpaired) electrons. The Kier molecular flexibility index (Phi) is 10.2. The number of nitrogens with zero attached hydrogens (tertiary/aromatic N) is 3. The predicted molar refractivity (Wildman–Crippen MR) is 144 cm³/mol. The lowest BCUT2D eigenvalue weighted by Gasteiger charge is -2.30. The van der Waals surface area contributed by atoms with Crippen molar-refractivity contribution in [3.05, 3.63) is 41.6 Å². The fraction of sp³-hybridized carbons (Fsp3) is 0.500. The Labute approximate surface area is 218 Å². The Hall–Kier alpha value is -3.73. The second-order valence-corrected chi connectivity index (χ2v) is 9.50. The van der Waals surface area contributed by atoms with Crippen LogP contribution in [0.3, 0.4) is 0 Å². The van der Waals surface area contributed by atoms with Crippen LogP contribution in [0.4, 0.5) is 17.5 Å². The molecule has 1 aromatic carbocycles. The van der Waals surface area contributed by atoms with E-state index in [1.807, 2.05) is 25.9 Å². The molecule has 0 spiro atoms. The molecule has 0 saturated heterocycles. The second kappa shape index (κ2) is 13.5. The van der Waals surface area contributed by atoms with Gasteiger partial charge in [-0.2, -0.15) is 4.98 Å². The van der Waals surface area contributed by atoms with Crippen molar-refractivity contribution in [1.82, 2.24) is 30.8 Å². The van der Waals surface area contributed by atoms with Gasteiger partial charge in [0.05, 0.1) is 6.54 Å². The molecule has 1 aromatic heterocycles. The molecule has 11 nitrogen and oxygen atoms in total. The smallest absolute Gasteiger partial charge is 0.256 e. The third kappa shape index (κ3) is 8.42. The minimum Gasteiger partial charge on any atom is -0.369 e. The summed E-state index contributed by atoms with van der Waals surface area (Å²) in [7, 11) is 5.31. The lowest BCUT2D eigenvalue weighted by Crippen LogP contribution is -2.47. The summed E-state index contributed by atoms with van der Waals surface area (Å²) in [5.74, 6) is 0.372. The molecule has 0 bridgehead atoms. The number of hydrogen-bond donors (Lipinski definition) is 5. The first-order chi connectivity index (χ1) is 17.8. The van der Waals surface area contributed by atoms with E-state index in [1.165, 1.54) is 6.20 Å². The van der Waals surface area contributed by atoms with E-state index in [0.717, 1.165) is 31.4 Å². The molecule has 37 heavy (non-hydrogen) atoms. The van der Waals surface area contributed by atoms with Crippen molar-refractivity contribution >= 4 is 35.2 Å². The van der Waals surface area contributed by atoms with E-state index in [1.54, 1.807) is 31.3 Å². The van der Waals surface area contributed by atoms with Gasteiger partial charge in [-0.05, 0) is 70.5 Å². The molecule has 3 rings (SSSR count). The van der Waals surface area contributed by atoms with Crippen molar-refractivity contribution < 1.29 is 14.4 Å². The highest BCUT2D eigenvalue weighted by Crippen LogP contribution is 2.22. The van der Waals surface area contributed by atoms with Crippen molar-refractivity contribution in [3.63, 3.8) is 0 Å². The number of carbonyl (C=O) groups excluding carboxylic acids is 3. The number of likely N-dealkylation sites (N-methyl/N-ethyl adjacent to an activating group) is 1. The van der Waals surface area contributed by atoms with Crippen LogP contribution in [0.5, 0.6) is 0 Å². The molecule has 2 atom stereocenters. The van der Waals surface area contributed by atoms with Gasteiger partial charge in [-0.1, -0.05) is 6.92 Å². The van der Waals surface area contributed by atoms with Gasteiger partial charge in [0.15, 0.2) is 0 Å². The van der Waals surface area contributed by atoms with E-state index in [9.17, 15) is 14.4 Å². The number of carbonyl (C=O) groups is 3. The van der Waals surface area contributed by atoms with Crippen LogP contribution in [0.15, 0.2) is 30.5 Å². The molecule has 1 aliphatic carbocycles. The molecular weight excluding hydrogens is 472 g/mol. The third-order valence-corrected chi connectivity index (χ3v) is 6.04. The van der Waals surface area contributed by atoms with Crippen LogP contribution in [-0.4, -0.2) is 78.9 Å². The molecule has 200 valence electrons. The SMILES string of the molecule is CCCNc1nc(Nc2ccc(C(=O)NC)cc2)ncc1C(=O)NC1CCCC(NC(=O)CN(C)C)C1. The summed E-state index contributed by atoms with van der Waals surface area (Å²) >= 11 is 0. The summed E-state index contributed by atoms with van der Waals surface area (Å²) in [6, 6.07) is 6.96. The number of benzene rings is 1. The zero-order valence-electron chi connectivity index (χ0n) is 22.1. The Morgan fingerprint density at radius 1 is 1.03 bits per heavy atom. The largest absolute Gasteiger partial charge is 0.369 e. The molecule has 1 saturated carbocycles. The number of hydrogen-bond acceptors (Lipinski definition) is 8. The minimum absolute atomic E-state index is 0.00668. The van der Waals surface area contributed by atoms with Crippen LogP contribution >= 0.6 is 0 Å². The number of aromatic nitrogens is 2. The maximum Gasteiger partial charge on any atom is 0.256 e. The molecule has 3 amide bonds. The Morgan fingerprint density at radius 2 is 1.73 bits per heavy atom. The molecule has 5 N–H and O–H groups in total. The number of nitrogens with one attached hydrogen (secondary N) is 5. The lowest BCUT2D eigenvalue weighted by molar-refractivity contribution is -0.122. The molecule has 2 unspecified atom stereocenters. The molecule has 1 heterocycles. The highest BCUT2D eigenvalue weighted by atomic mass is 16.2. The normalized spacial score (nSPS) is 17.1. The van der Waals surface area contributed by atoms with Crippen LogP contribution < -0.4 is 26.6 Å². The van der Waals surface area contributed by atoms with E-state index in [2.05, 4.69) is 36.6 Å². The van der Waals surface area contributed by atoms with Crippen molar-refractivity contribution in [2.24, 2.45) is 0 Å². The van der Waals surface area contributed by atoms with Crippen molar-refractivity contribution in [2.45, 2.75) is 51.1 Å². The fourth-order valence-electron chi connectivity index (χ4n) is 4.24. The van der Waals surface area contributed by atoms with Crippen molar-refractivity contribution in [3.8, 4) is 0 Å². The van der Waals surface area contributed by atoms with Crippen LogP contribution in [0.25, 0.3) is 0 Å². The van der Waals surface area contributed by atoms with Crippen LogP contribution in [-0.2, 0) is 4.79 Å². The maximum absolute atomic E-state index is 13.2. The zero-order chi connectivity index (χ0) is 26.8. The molecule has 11 heteroatoms. The van der Waals surface area contributed by atoms with E-state index in [0.29, 0.717) is 42.4 Å². The topological polar surface area (TPSA) is 140 Å². The molecule has 0 aliphatic heterocycles. The van der Waals surface area contributed by atoms with E-state index >= 15 is 0 Å². The lowest BCUT2D eigenvalue weighted by atomic mass is 9.90. The average molecular weight is 511 g/mol. The van der Waals surface area contributed by atoms with Gasteiger partial charge in [0.25, 0.3) is 11.8 Å². The van der Waals surface area contributed by atoms with Gasteiger partial charge in [0, 0.05) is 43.1 Å². The molecular formula is C26H38N8O3. The summed E-state index contributed by atoms with van der Waals surface area (Å²) in [6.07, 6.45) is 5.76. The maximum atomic E-state index is 13.2. The Bertz CT molecular complexity index is 1070. The summed E-state index contributed by atoms with van der Waals surface area (Å²) < 4.78 is 0.